The van der Waals surface area contributed by atoms with E-state index in [1.165, 1.54) is 11.1 Å². The number of aryl methyl sites for hydroxylation is 1. The molecule has 0 saturated carbocycles. The zero-order valence-corrected chi connectivity index (χ0v) is 15.3. The summed E-state index contributed by atoms with van der Waals surface area (Å²) in [5.41, 5.74) is 3.65. The summed E-state index contributed by atoms with van der Waals surface area (Å²) in [7, 11) is 1.64. The minimum Gasteiger partial charge on any atom is -0.497 e. The van der Waals surface area contributed by atoms with Crippen LogP contribution < -0.4 is 10.1 Å². The molecule has 0 spiro atoms. The SMILES string of the molecule is COc1ccc(/C=C/C(=O)NCCCc2ccc(C(C)C)cc2)cc1. The second-order valence-electron chi connectivity index (χ2n) is 6.40. The van der Waals surface area contributed by atoms with E-state index >= 15 is 0 Å². The van der Waals surface area contributed by atoms with E-state index in [2.05, 4.69) is 43.4 Å². The highest BCUT2D eigenvalue weighted by atomic mass is 16.5. The van der Waals surface area contributed by atoms with Gasteiger partial charge in [-0.05, 0) is 53.7 Å². The third-order valence-corrected chi connectivity index (χ3v) is 4.13. The number of amides is 1. The van der Waals surface area contributed by atoms with Gasteiger partial charge in [0.15, 0.2) is 0 Å². The van der Waals surface area contributed by atoms with Gasteiger partial charge in [0, 0.05) is 12.6 Å². The number of hydrogen-bond acceptors (Lipinski definition) is 2. The lowest BCUT2D eigenvalue weighted by Crippen LogP contribution is -2.22. The molecule has 0 unspecified atom stereocenters. The van der Waals surface area contributed by atoms with Crippen LogP contribution in [0.3, 0.4) is 0 Å². The van der Waals surface area contributed by atoms with Crippen molar-refractivity contribution < 1.29 is 9.53 Å². The first-order valence-electron chi connectivity index (χ1n) is 8.77. The average Bonchev–Trinajstić information content (AvgIpc) is 2.64. The van der Waals surface area contributed by atoms with E-state index in [-0.39, 0.29) is 5.91 Å². The van der Waals surface area contributed by atoms with Crippen molar-refractivity contribution in [2.24, 2.45) is 0 Å². The highest BCUT2D eigenvalue weighted by Gasteiger charge is 2.00. The molecule has 3 heteroatoms. The maximum Gasteiger partial charge on any atom is 0.243 e. The number of rotatable bonds is 8. The van der Waals surface area contributed by atoms with Gasteiger partial charge in [-0.1, -0.05) is 50.2 Å². The summed E-state index contributed by atoms with van der Waals surface area (Å²) in [6.07, 6.45) is 5.28. The molecule has 0 saturated heterocycles. The summed E-state index contributed by atoms with van der Waals surface area (Å²) in [4.78, 5) is 11.8. The molecule has 2 rings (SSSR count). The first-order valence-corrected chi connectivity index (χ1v) is 8.77. The zero-order valence-electron chi connectivity index (χ0n) is 15.3. The van der Waals surface area contributed by atoms with E-state index in [1.807, 2.05) is 24.3 Å². The van der Waals surface area contributed by atoms with Gasteiger partial charge in [-0.25, -0.2) is 0 Å². The van der Waals surface area contributed by atoms with E-state index < -0.39 is 0 Å². The molecule has 0 aromatic heterocycles. The largest absolute Gasteiger partial charge is 0.497 e. The standard InChI is InChI=1S/C22H27NO2/c1-17(2)20-11-6-18(7-12-20)5-4-16-23-22(24)15-10-19-8-13-21(25-3)14-9-19/h6-15,17H,4-5,16H2,1-3H3,(H,23,24)/b15-10+. The molecule has 2 aromatic rings. The Balaban J connectivity index is 1.70. The molecule has 0 heterocycles. The van der Waals surface area contributed by atoms with Crippen LogP contribution in [0.25, 0.3) is 6.08 Å². The van der Waals surface area contributed by atoms with Gasteiger partial charge < -0.3 is 10.1 Å². The van der Waals surface area contributed by atoms with Gasteiger partial charge in [-0.15, -0.1) is 0 Å². The molecule has 2 aromatic carbocycles. The van der Waals surface area contributed by atoms with Crippen LogP contribution in [0.4, 0.5) is 0 Å². The molecular weight excluding hydrogens is 310 g/mol. The smallest absolute Gasteiger partial charge is 0.243 e. The average molecular weight is 337 g/mol. The Hall–Kier alpha value is -2.55. The van der Waals surface area contributed by atoms with Crippen LogP contribution in [0.2, 0.25) is 0 Å². The van der Waals surface area contributed by atoms with Gasteiger partial charge in [0.25, 0.3) is 0 Å². The molecule has 0 bridgehead atoms. The Morgan fingerprint density at radius 1 is 1.08 bits per heavy atom. The fourth-order valence-corrected chi connectivity index (χ4v) is 2.52. The summed E-state index contributed by atoms with van der Waals surface area (Å²) in [6, 6.07) is 16.3. The number of carbonyl (C=O) groups is 1. The van der Waals surface area contributed by atoms with E-state index in [0.717, 1.165) is 24.2 Å². The van der Waals surface area contributed by atoms with Gasteiger partial charge in [0.1, 0.15) is 5.75 Å². The van der Waals surface area contributed by atoms with E-state index in [4.69, 9.17) is 4.74 Å². The highest BCUT2D eigenvalue weighted by Crippen LogP contribution is 2.15. The molecule has 0 aliphatic carbocycles. The minimum atomic E-state index is -0.0639. The third-order valence-electron chi connectivity index (χ3n) is 4.13. The minimum absolute atomic E-state index is 0.0639. The third kappa shape index (κ3) is 6.46. The number of benzene rings is 2. The normalized spacial score (nSPS) is 11.0. The Morgan fingerprint density at radius 2 is 1.76 bits per heavy atom. The molecule has 0 aliphatic heterocycles. The van der Waals surface area contributed by atoms with E-state index in [9.17, 15) is 4.79 Å². The van der Waals surface area contributed by atoms with Crippen molar-refractivity contribution in [1.29, 1.82) is 0 Å². The van der Waals surface area contributed by atoms with Gasteiger partial charge in [0.2, 0.25) is 5.91 Å². The molecular formula is C22H27NO2. The van der Waals surface area contributed by atoms with Crippen molar-refractivity contribution in [3.05, 3.63) is 71.3 Å². The number of nitrogens with one attached hydrogen (secondary N) is 1. The Labute approximate surface area is 150 Å². The van der Waals surface area contributed by atoms with Crippen LogP contribution in [0.1, 0.15) is 42.9 Å². The second-order valence-corrected chi connectivity index (χ2v) is 6.40. The molecule has 25 heavy (non-hydrogen) atoms. The maximum atomic E-state index is 11.8. The highest BCUT2D eigenvalue weighted by molar-refractivity contribution is 5.91. The quantitative estimate of drug-likeness (QED) is 0.565. The van der Waals surface area contributed by atoms with Crippen LogP contribution in [-0.2, 0) is 11.2 Å². The molecule has 1 amide bonds. The molecule has 0 atom stereocenters. The fourth-order valence-electron chi connectivity index (χ4n) is 2.52. The van der Waals surface area contributed by atoms with Crippen molar-refractivity contribution in [1.82, 2.24) is 5.32 Å². The predicted octanol–water partition coefficient (Wildman–Crippen LogP) is 4.58. The Kier molecular flexibility index (Phi) is 7.27. The Bertz CT molecular complexity index is 685. The summed E-state index contributed by atoms with van der Waals surface area (Å²) in [5, 5.41) is 2.92. The van der Waals surface area contributed by atoms with Crippen LogP contribution in [0.5, 0.6) is 5.75 Å². The van der Waals surface area contributed by atoms with Gasteiger partial charge in [-0.3, -0.25) is 4.79 Å². The van der Waals surface area contributed by atoms with E-state index in [1.54, 1.807) is 19.3 Å². The first kappa shape index (κ1) is 18.8. The zero-order chi connectivity index (χ0) is 18.1. The summed E-state index contributed by atoms with van der Waals surface area (Å²) in [6.45, 7) is 5.08. The monoisotopic (exact) mass is 337 g/mol. The molecule has 0 aliphatic rings. The lowest BCUT2D eigenvalue weighted by molar-refractivity contribution is -0.116. The molecule has 3 nitrogen and oxygen atoms in total. The van der Waals surface area contributed by atoms with Crippen molar-refractivity contribution in [2.75, 3.05) is 13.7 Å². The lowest BCUT2D eigenvalue weighted by atomic mass is 10.0. The number of ether oxygens (including phenoxy) is 1. The van der Waals surface area contributed by atoms with Gasteiger partial charge >= 0.3 is 0 Å². The predicted molar refractivity (Wildman–Crippen MR) is 104 cm³/mol. The van der Waals surface area contributed by atoms with Crippen molar-refractivity contribution in [3.63, 3.8) is 0 Å². The fraction of sp³-hybridized carbons (Fsp3) is 0.318. The summed E-state index contributed by atoms with van der Waals surface area (Å²) < 4.78 is 5.11. The number of carbonyl (C=O) groups excluding carboxylic acids is 1. The lowest BCUT2D eigenvalue weighted by Gasteiger charge is -2.07. The van der Waals surface area contributed by atoms with Crippen LogP contribution >= 0.6 is 0 Å². The number of hydrogen-bond donors (Lipinski definition) is 1. The first-order chi connectivity index (χ1) is 12.1. The van der Waals surface area contributed by atoms with Crippen LogP contribution in [0.15, 0.2) is 54.6 Å². The Morgan fingerprint density at radius 3 is 2.36 bits per heavy atom. The molecule has 132 valence electrons. The van der Waals surface area contributed by atoms with Crippen molar-refractivity contribution in [3.8, 4) is 5.75 Å². The molecule has 1 N–H and O–H groups in total. The summed E-state index contributed by atoms with van der Waals surface area (Å²) in [5.74, 6) is 1.31. The van der Waals surface area contributed by atoms with Gasteiger partial charge in [-0.2, -0.15) is 0 Å². The topological polar surface area (TPSA) is 38.3 Å². The van der Waals surface area contributed by atoms with Crippen molar-refractivity contribution in [2.45, 2.75) is 32.6 Å². The number of methoxy groups -OCH3 is 1. The summed E-state index contributed by atoms with van der Waals surface area (Å²) >= 11 is 0. The van der Waals surface area contributed by atoms with Crippen molar-refractivity contribution >= 4 is 12.0 Å². The van der Waals surface area contributed by atoms with Crippen LogP contribution in [-0.4, -0.2) is 19.6 Å². The van der Waals surface area contributed by atoms with Crippen LogP contribution in [0, 0.1) is 0 Å². The van der Waals surface area contributed by atoms with E-state index in [0.29, 0.717) is 12.5 Å². The van der Waals surface area contributed by atoms with Gasteiger partial charge in [0.05, 0.1) is 7.11 Å². The second kappa shape index (κ2) is 9.67. The maximum absolute atomic E-state index is 11.8. The molecule has 0 fully saturated rings. The molecule has 0 radical (unpaired) electrons.